The van der Waals surface area contributed by atoms with Crippen molar-refractivity contribution in [3.8, 4) is 0 Å². The van der Waals surface area contributed by atoms with Crippen LogP contribution in [-0.2, 0) is 4.74 Å². The predicted molar refractivity (Wildman–Crippen MR) is 38.8 cm³/mol. The summed E-state index contributed by atoms with van der Waals surface area (Å²) in [7, 11) is 0. The largest absolute Gasteiger partial charge is 0.394 e. The molecule has 2 unspecified atom stereocenters. The molecule has 0 aromatic carbocycles. The molecule has 1 fully saturated rings. The van der Waals surface area contributed by atoms with E-state index in [1.54, 1.807) is 20.8 Å². The summed E-state index contributed by atoms with van der Waals surface area (Å²) in [5.41, 5.74) is -0.468. The van der Waals surface area contributed by atoms with Crippen LogP contribution in [0.1, 0.15) is 27.2 Å². The molecule has 1 saturated carbocycles. The summed E-state index contributed by atoms with van der Waals surface area (Å²) in [6.07, 6.45) is -4.55. The van der Waals surface area contributed by atoms with Crippen molar-refractivity contribution >= 4 is 0 Å². The van der Waals surface area contributed by atoms with E-state index < -0.39 is 23.8 Å². The second-order valence-electron chi connectivity index (χ2n) is 4.15. The summed E-state index contributed by atoms with van der Waals surface area (Å²) in [4.78, 5) is 0. The maximum atomic E-state index is 12.0. The lowest BCUT2D eigenvalue weighted by atomic mass is 10.2. The Morgan fingerprint density at radius 1 is 1.17 bits per heavy atom. The van der Waals surface area contributed by atoms with Gasteiger partial charge in [0.2, 0.25) is 0 Å². The summed E-state index contributed by atoms with van der Waals surface area (Å²) in [6.45, 7) is 5.29. The number of alkyl halides is 3. The van der Waals surface area contributed by atoms with Gasteiger partial charge >= 0.3 is 6.18 Å². The van der Waals surface area contributed by atoms with Crippen LogP contribution in [0, 0.1) is 5.92 Å². The molecule has 0 saturated heterocycles. The molecule has 0 aromatic rings. The van der Waals surface area contributed by atoms with Crippen LogP contribution in [0.5, 0.6) is 0 Å². The fraction of sp³-hybridized carbons (Fsp3) is 1.00. The van der Waals surface area contributed by atoms with Crippen molar-refractivity contribution in [2.45, 2.75) is 45.1 Å². The van der Waals surface area contributed by atoms with Crippen LogP contribution in [0.25, 0.3) is 0 Å². The number of ether oxygens (including phenoxy) is 1. The van der Waals surface area contributed by atoms with Gasteiger partial charge in [-0.25, -0.2) is 0 Å². The van der Waals surface area contributed by atoms with Gasteiger partial charge in [0.15, 0.2) is 0 Å². The van der Waals surface area contributed by atoms with Gasteiger partial charge in [0, 0.05) is 0 Å². The SMILES string of the molecule is CC(C)(C)OC1CC1C(F)(F)F. The molecule has 0 aromatic heterocycles. The minimum Gasteiger partial charge on any atom is -0.372 e. The van der Waals surface area contributed by atoms with Crippen LogP contribution < -0.4 is 0 Å². The molecule has 0 N–H and O–H groups in total. The lowest BCUT2D eigenvalue weighted by Gasteiger charge is -2.19. The van der Waals surface area contributed by atoms with Crippen molar-refractivity contribution in [2.75, 3.05) is 0 Å². The molecule has 72 valence electrons. The zero-order valence-electron chi connectivity index (χ0n) is 7.40. The minimum atomic E-state index is -4.07. The Morgan fingerprint density at radius 2 is 1.67 bits per heavy atom. The van der Waals surface area contributed by atoms with E-state index >= 15 is 0 Å². The highest BCUT2D eigenvalue weighted by molar-refractivity contribution is 4.94. The Bertz CT molecular complexity index is 168. The highest BCUT2D eigenvalue weighted by Crippen LogP contribution is 2.47. The molecule has 12 heavy (non-hydrogen) atoms. The van der Waals surface area contributed by atoms with Crippen LogP contribution in [0.15, 0.2) is 0 Å². The average Bonchev–Trinajstić information content (AvgIpc) is 2.37. The molecule has 0 heterocycles. The van der Waals surface area contributed by atoms with Crippen molar-refractivity contribution in [2.24, 2.45) is 5.92 Å². The second kappa shape index (κ2) is 2.62. The lowest BCUT2D eigenvalue weighted by molar-refractivity contribution is -0.163. The maximum absolute atomic E-state index is 12.0. The van der Waals surface area contributed by atoms with Gasteiger partial charge in [0.1, 0.15) is 0 Å². The lowest BCUT2D eigenvalue weighted by Crippen LogP contribution is -2.24. The van der Waals surface area contributed by atoms with Crippen molar-refractivity contribution in [3.05, 3.63) is 0 Å². The van der Waals surface area contributed by atoms with Crippen LogP contribution in [0.3, 0.4) is 0 Å². The van der Waals surface area contributed by atoms with Gasteiger partial charge in [-0.05, 0) is 27.2 Å². The average molecular weight is 182 g/mol. The van der Waals surface area contributed by atoms with Crippen LogP contribution in [-0.4, -0.2) is 17.9 Å². The first kappa shape index (κ1) is 9.84. The van der Waals surface area contributed by atoms with E-state index in [-0.39, 0.29) is 6.42 Å². The van der Waals surface area contributed by atoms with Gasteiger partial charge < -0.3 is 4.74 Å². The molecule has 0 spiro atoms. The summed E-state index contributed by atoms with van der Waals surface area (Å²) >= 11 is 0. The van der Waals surface area contributed by atoms with Gasteiger partial charge in [-0.1, -0.05) is 0 Å². The molecule has 1 rings (SSSR count). The molecule has 0 radical (unpaired) electrons. The zero-order valence-corrected chi connectivity index (χ0v) is 7.40. The highest BCUT2D eigenvalue weighted by Gasteiger charge is 2.57. The Hall–Kier alpha value is -0.250. The van der Waals surface area contributed by atoms with Gasteiger partial charge in [0.25, 0.3) is 0 Å². The fourth-order valence-electron chi connectivity index (χ4n) is 1.10. The Kier molecular flexibility index (Phi) is 2.15. The van der Waals surface area contributed by atoms with Crippen molar-refractivity contribution in [1.29, 1.82) is 0 Å². The molecular weight excluding hydrogens is 169 g/mol. The molecule has 4 heteroatoms. The third-order valence-corrected chi connectivity index (χ3v) is 1.66. The molecule has 0 aliphatic heterocycles. The van der Waals surface area contributed by atoms with Gasteiger partial charge in [-0.2, -0.15) is 13.2 Å². The molecule has 0 amide bonds. The summed E-state index contributed by atoms with van der Waals surface area (Å²) in [6, 6.07) is 0. The molecule has 1 aliphatic carbocycles. The molecule has 1 nitrogen and oxygen atoms in total. The number of rotatable bonds is 1. The Labute approximate surface area is 69.9 Å². The topological polar surface area (TPSA) is 9.23 Å². The van der Waals surface area contributed by atoms with E-state index in [9.17, 15) is 13.2 Å². The summed E-state index contributed by atoms with van der Waals surface area (Å²) in [5.74, 6) is -1.23. The number of hydrogen-bond acceptors (Lipinski definition) is 1. The third kappa shape index (κ3) is 2.66. The molecule has 2 atom stereocenters. The first-order valence-corrected chi connectivity index (χ1v) is 3.95. The maximum Gasteiger partial charge on any atom is 0.394 e. The van der Waals surface area contributed by atoms with E-state index in [1.165, 1.54) is 0 Å². The number of hydrogen-bond donors (Lipinski definition) is 0. The third-order valence-electron chi connectivity index (χ3n) is 1.66. The minimum absolute atomic E-state index is 0.126. The smallest absolute Gasteiger partial charge is 0.372 e. The Balaban J connectivity index is 2.35. The zero-order chi connectivity index (χ0) is 9.57. The van der Waals surface area contributed by atoms with E-state index in [0.717, 1.165) is 0 Å². The quantitative estimate of drug-likeness (QED) is 0.605. The normalized spacial score (nSPS) is 30.5. The van der Waals surface area contributed by atoms with Gasteiger partial charge in [-0.3, -0.25) is 0 Å². The van der Waals surface area contributed by atoms with Gasteiger partial charge in [-0.15, -0.1) is 0 Å². The Morgan fingerprint density at radius 3 is 1.92 bits per heavy atom. The first-order valence-electron chi connectivity index (χ1n) is 3.95. The van der Waals surface area contributed by atoms with Crippen molar-refractivity contribution in [1.82, 2.24) is 0 Å². The monoisotopic (exact) mass is 182 g/mol. The van der Waals surface area contributed by atoms with Gasteiger partial charge in [0.05, 0.1) is 17.6 Å². The van der Waals surface area contributed by atoms with E-state index in [4.69, 9.17) is 4.74 Å². The van der Waals surface area contributed by atoms with Crippen LogP contribution >= 0.6 is 0 Å². The predicted octanol–water partition coefficient (Wildman–Crippen LogP) is 2.75. The number of halogens is 3. The van der Waals surface area contributed by atoms with Crippen LogP contribution in [0.2, 0.25) is 0 Å². The molecule has 0 bridgehead atoms. The summed E-state index contributed by atoms with van der Waals surface area (Å²) < 4.78 is 41.1. The standard InChI is InChI=1S/C8H13F3O/c1-7(2,3)12-6-4-5(6)8(9,10)11/h5-6H,4H2,1-3H3. The fourth-order valence-corrected chi connectivity index (χ4v) is 1.10. The molecular formula is C8H13F3O. The highest BCUT2D eigenvalue weighted by atomic mass is 19.4. The van der Waals surface area contributed by atoms with Crippen molar-refractivity contribution in [3.63, 3.8) is 0 Å². The van der Waals surface area contributed by atoms with E-state index in [0.29, 0.717) is 0 Å². The first-order chi connectivity index (χ1) is 5.20. The molecule has 1 aliphatic rings. The summed E-state index contributed by atoms with van der Waals surface area (Å²) in [5, 5.41) is 0. The van der Waals surface area contributed by atoms with E-state index in [2.05, 4.69) is 0 Å². The van der Waals surface area contributed by atoms with Crippen LogP contribution in [0.4, 0.5) is 13.2 Å². The van der Waals surface area contributed by atoms with Crippen molar-refractivity contribution < 1.29 is 17.9 Å². The second-order valence-corrected chi connectivity index (χ2v) is 4.15. The van der Waals surface area contributed by atoms with E-state index in [1.807, 2.05) is 0 Å².